The van der Waals surface area contributed by atoms with E-state index in [4.69, 9.17) is 9.97 Å². The first-order valence-electron chi connectivity index (χ1n) is 13.7. The largest absolute Gasteiger partial charge is 0.252 e. The van der Waals surface area contributed by atoms with Crippen molar-refractivity contribution in [3.63, 3.8) is 0 Å². The first-order valence-corrected chi connectivity index (χ1v) is 14.5. The third-order valence-corrected chi connectivity index (χ3v) is 9.23. The molecule has 2 aliphatic rings. The van der Waals surface area contributed by atoms with Crippen LogP contribution in [0.4, 0.5) is 0 Å². The monoisotopic (exact) mass is 510 g/mol. The molecule has 0 N–H and O–H groups in total. The summed E-state index contributed by atoms with van der Waals surface area (Å²) in [5.74, 6) is 0. The van der Waals surface area contributed by atoms with E-state index < -0.39 is 0 Å². The summed E-state index contributed by atoms with van der Waals surface area (Å²) in [6, 6.07) is 15.5. The molecule has 0 aliphatic heterocycles. The first-order chi connectivity index (χ1) is 18.8. The van der Waals surface area contributed by atoms with E-state index in [1.54, 1.807) is 0 Å². The molecule has 2 aliphatic carbocycles. The lowest BCUT2D eigenvalue weighted by Crippen LogP contribution is -2.08. The molecule has 5 aromatic rings. The molecule has 3 aromatic carbocycles. The molecule has 0 fully saturated rings. The van der Waals surface area contributed by atoms with E-state index in [2.05, 4.69) is 92.8 Å². The molecule has 0 saturated carbocycles. The van der Waals surface area contributed by atoms with Crippen molar-refractivity contribution >= 4 is 50.7 Å². The van der Waals surface area contributed by atoms with Gasteiger partial charge in [0.05, 0.1) is 22.9 Å². The Kier molecular flexibility index (Phi) is 5.82. The molecule has 186 valence electrons. The van der Waals surface area contributed by atoms with Crippen LogP contribution in [0.2, 0.25) is 0 Å². The number of thiophene rings is 1. The first kappa shape index (κ1) is 23.3. The number of aryl methyl sites for hydroxylation is 1. The predicted octanol–water partition coefficient (Wildman–Crippen LogP) is 9.69. The third-order valence-electron chi connectivity index (χ3n) is 7.98. The van der Waals surface area contributed by atoms with E-state index >= 15 is 0 Å². The Hall–Kier alpha value is -3.82. The molecule has 2 nitrogen and oxygen atoms in total. The van der Waals surface area contributed by atoms with Crippen molar-refractivity contribution in [1.29, 1.82) is 0 Å². The lowest BCUT2D eigenvalue weighted by molar-refractivity contribution is 0.908. The van der Waals surface area contributed by atoms with E-state index in [0.29, 0.717) is 0 Å². The van der Waals surface area contributed by atoms with Crippen molar-refractivity contribution in [2.24, 2.45) is 0 Å². The number of aromatic nitrogens is 2. The summed E-state index contributed by atoms with van der Waals surface area (Å²) in [6.07, 6.45) is 20.9. The summed E-state index contributed by atoms with van der Waals surface area (Å²) in [5, 5.41) is 1.37. The van der Waals surface area contributed by atoms with Crippen LogP contribution in [0.3, 0.4) is 0 Å². The van der Waals surface area contributed by atoms with Crippen LogP contribution in [0.1, 0.15) is 59.4 Å². The highest BCUT2D eigenvalue weighted by Gasteiger charge is 2.22. The van der Waals surface area contributed by atoms with Gasteiger partial charge in [0, 0.05) is 26.3 Å². The second-order valence-electron chi connectivity index (χ2n) is 10.2. The van der Waals surface area contributed by atoms with Crippen molar-refractivity contribution < 1.29 is 0 Å². The van der Waals surface area contributed by atoms with Crippen molar-refractivity contribution in [2.75, 3.05) is 0 Å². The quantitative estimate of drug-likeness (QED) is 0.240. The number of nitrogens with zero attached hydrogens (tertiary/aromatic N) is 2. The Morgan fingerprint density at radius 1 is 0.895 bits per heavy atom. The Morgan fingerprint density at radius 2 is 1.63 bits per heavy atom. The Morgan fingerprint density at radius 3 is 2.39 bits per heavy atom. The van der Waals surface area contributed by atoms with Crippen LogP contribution >= 0.6 is 11.3 Å². The minimum Gasteiger partial charge on any atom is -0.252 e. The zero-order valence-electron chi connectivity index (χ0n) is 21.9. The van der Waals surface area contributed by atoms with E-state index in [-0.39, 0.29) is 0 Å². The molecule has 0 spiro atoms. The smallest absolute Gasteiger partial charge is 0.0975 e. The van der Waals surface area contributed by atoms with Crippen LogP contribution < -0.4 is 0 Å². The molecular weight excluding hydrogens is 480 g/mol. The third kappa shape index (κ3) is 3.68. The second-order valence-corrected chi connectivity index (χ2v) is 11.2. The van der Waals surface area contributed by atoms with E-state index in [1.165, 1.54) is 53.9 Å². The normalized spacial score (nSPS) is 14.5. The van der Waals surface area contributed by atoms with Crippen molar-refractivity contribution in [1.82, 2.24) is 9.97 Å². The molecular formula is C35H30N2S. The Labute approximate surface area is 228 Å². The van der Waals surface area contributed by atoms with Gasteiger partial charge < -0.3 is 0 Å². The van der Waals surface area contributed by atoms with Crippen LogP contribution in [-0.2, 0) is 19.3 Å². The topological polar surface area (TPSA) is 25.8 Å². The zero-order chi connectivity index (χ0) is 25.6. The summed E-state index contributed by atoms with van der Waals surface area (Å²) in [7, 11) is 0. The van der Waals surface area contributed by atoms with Crippen LogP contribution in [0.15, 0.2) is 66.9 Å². The number of benzene rings is 3. The summed E-state index contributed by atoms with van der Waals surface area (Å²) in [4.78, 5) is 11.7. The molecule has 38 heavy (non-hydrogen) atoms. The summed E-state index contributed by atoms with van der Waals surface area (Å²) < 4.78 is 1.36. The Bertz CT molecular complexity index is 1820. The maximum atomic E-state index is 5.27. The minimum absolute atomic E-state index is 0.933. The van der Waals surface area contributed by atoms with Crippen molar-refractivity contribution in [3.05, 3.63) is 99.6 Å². The highest BCUT2D eigenvalue weighted by molar-refractivity contribution is 7.20. The van der Waals surface area contributed by atoms with Gasteiger partial charge in [-0.2, -0.15) is 0 Å². The van der Waals surface area contributed by atoms with Gasteiger partial charge in [-0.25, -0.2) is 4.98 Å². The summed E-state index contributed by atoms with van der Waals surface area (Å²) in [6.45, 7) is 4.35. The van der Waals surface area contributed by atoms with Crippen LogP contribution in [0, 0.1) is 0 Å². The fourth-order valence-corrected chi connectivity index (χ4v) is 7.62. The van der Waals surface area contributed by atoms with Gasteiger partial charge in [-0.15, -0.1) is 11.3 Å². The van der Waals surface area contributed by atoms with E-state index in [9.17, 15) is 0 Å². The van der Waals surface area contributed by atoms with Gasteiger partial charge in [-0.3, -0.25) is 4.98 Å². The highest BCUT2D eigenvalue weighted by Crippen LogP contribution is 2.41. The summed E-state index contributed by atoms with van der Waals surface area (Å²) in [5.41, 5.74) is 13.6. The van der Waals surface area contributed by atoms with Gasteiger partial charge in [-0.05, 0) is 84.4 Å². The van der Waals surface area contributed by atoms with Crippen LogP contribution in [0.5, 0.6) is 0 Å². The summed E-state index contributed by atoms with van der Waals surface area (Å²) >= 11 is 1.90. The van der Waals surface area contributed by atoms with Crippen LogP contribution in [-0.4, -0.2) is 9.97 Å². The zero-order valence-corrected chi connectivity index (χ0v) is 22.7. The average Bonchev–Trinajstić information content (AvgIpc) is 3.34. The predicted molar refractivity (Wildman–Crippen MR) is 165 cm³/mol. The molecule has 0 bridgehead atoms. The molecule has 0 unspecified atom stereocenters. The van der Waals surface area contributed by atoms with Gasteiger partial charge in [-0.1, -0.05) is 73.7 Å². The molecule has 7 rings (SSSR count). The van der Waals surface area contributed by atoms with E-state index in [1.807, 2.05) is 17.5 Å². The minimum atomic E-state index is 0.933. The van der Waals surface area contributed by atoms with Gasteiger partial charge >= 0.3 is 0 Å². The SMILES string of the molecule is C/C=C\c1sc2c(-c3cccc(-c4cnc5c6c(c7c(c5n4)C=CCC7)CCC=C6)c3)cccc2c1CC. The molecule has 2 heterocycles. The van der Waals surface area contributed by atoms with Gasteiger partial charge in [0.2, 0.25) is 0 Å². The van der Waals surface area contributed by atoms with Gasteiger partial charge in [0.15, 0.2) is 0 Å². The molecule has 0 radical (unpaired) electrons. The standard InChI is InChI=1S/C35H30N2S/c1-3-11-32-24(4-2)30-19-10-18-25(35(30)38-32)22-12-9-13-23(20-22)31-21-36-33-28-16-7-5-14-26(28)27-15-6-8-17-29(27)34(33)37-31/h3,7-13,16-21H,4-6,14-15H2,1-2H3/b11-3-. The highest BCUT2D eigenvalue weighted by atomic mass is 32.1. The molecule has 2 aromatic heterocycles. The molecule has 0 saturated heterocycles. The van der Waals surface area contributed by atoms with Crippen molar-refractivity contribution in [3.8, 4) is 22.4 Å². The molecule has 0 amide bonds. The second kappa shape index (κ2) is 9.49. The van der Waals surface area contributed by atoms with Crippen molar-refractivity contribution in [2.45, 2.75) is 46.0 Å². The number of hydrogen-bond acceptors (Lipinski definition) is 3. The fraction of sp³-hybridized carbons (Fsp3) is 0.200. The number of rotatable bonds is 4. The average molecular weight is 511 g/mol. The fourth-order valence-electron chi connectivity index (χ4n) is 6.22. The number of fused-ring (bicyclic) bond motifs is 7. The van der Waals surface area contributed by atoms with Crippen LogP contribution in [0.25, 0.3) is 61.7 Å². The lowest BCUT2D eigenvalue weighted by atomic mass is 9.84. The maximum Gasteiger partial charge on any atom is 0.0975 e. The maximum absolute atomic E-state index is 5.27. The van der Waals surface area contributed by atoms with Gasteiger partial charge in [0.25, 0.3) is 0 Å². The molecule has 3 heteroatoms. The Balaban J connectivity index is 1.39. The van der Waals surface area contributed by atoms with Gasteiger partial charge in [0.1, 0.15) is 0 Å². The molecule has 0 atom stereocenters. The van der Waals surface area contributed by atoms with E-state index in [0.717, 1.165) is 54.4 Å². The number of hydrogen-bond donors (Lipinski definition) is 0. The number of allylic oxidation sites excluding steroid dienone is 3. The lowest BCUT2D eigenvalue weighted by Gasteiger charge is -2.22.